The van der Waals surface area contributed by atoms with Gasteiger partial charge in [-0.1, -0.05) is 40.5 Å². The van der Waals surface area contributed by atoms with Gasteiger partial charge in [0.05, 0.1) is 0 Å². The second kappa shape index (κ2) is 4.11. The Morgan fingerprint density at radius 2 is 2.25 bits per heavy atom. The quantitative estimate of drug-likeness (QED) is 0.730. The van der Waals surface area contributed by atoms with E-state index in [4.69, 9.17) is 11.6 Å². The molecule has 0 unspecified atom stereocenters. The molecule has 1 aromatic carbocycles. The lowest BCUT2D eigenvalue weighted by Gasteiger charge is -2.08. The normalized spacial score (nSPS) is 10.3. The molecule has 63 valence electrons. The van der Waals surface area contributed by atoms with Crippen molar-refractivity contribution < 1.29 is 0 Å². The molecule has 0 aromatic heterocycles. The largest absolute Gasteiger partial charge is 0.102 e. The van der Waals surface area contributed by atoms with Gasteiger partial charge in [0.25, 0.3) is 0 Å². The van der Waals surface area contributed by atoms with Crippen LogP contribution in [0.5, 0.6) is 0 Å². The summed E-state index contributed by atoms with van der Waals surface area (Å²) in [6, 6.07) is 5.71. The van der Waals surface area contributed by atoms with E-state index in [2.05, 4.69) is 22.5 Å². The predicted octanol–water partition coefficient (Wildman–Crippen LogP) is 4.23. The summed E-state index contributed by atoms with van der Waals surface area (Å²) in [6.07, 6.45) is 1.82. The lowest BCUT2D eigenvalue weighted by atomic mass is 10.0. The van der Waals surface area contributed by atoms with Crippen molar-refractivity contribution in [3.8, 4) is 0 Å². The van der Waals surface area contributed by atoms with Crippen molar-refractivity contribution in [2.75, 3.05) is 0 Å². The molecule has 1 rings (SSSR count). The molecule has 0 saturated heterocycles. The van der Waals surface area contributed by atoms with Crippen LogP contribution in [0.15, 0.2) is 35.3 Å². The molecule has 0 amide bonds. The van der Waals surface area contributed by atoms with Crippen molar-refractivity contribution in [2.24, 2.45) is 0 Å². The standard InChI is InChI=1S/C10H9BrCl/c1-3-7(2)9-6-8(12)4-5-10(9)11/h3-6H,1H2,2H3. The third kappa shape index (κ3) is 2.11. The van der Waals surface area contributed by atoms with Gasteiger partial charge in [0.1, 0.15) is 0 Å². The van der Waals surface area contributed by atoms with Gasteiger partial charge in [-0.2, -0.15) is 0 Å². The van der Waals surface area contributed by atoms with Gasteiger partial charge in [0.2, 0.25) is 0 Å². The zero-order valence-electron chi connectivity index (χ0n) is 6.77. The molecule has 0 aliphatic heterocycles. The summed E-state index contributed by atoms with van der Waals surface area (Å²) in [4.78, 5) is 0. The highest BCUT2D eigenvalue weighted by molar-refractivity contribution is 9.10. The van der Waals surface area contributed by atoms with Crippen LogP contribution in [0, 0.1) is 5.92 Å². The minimum Gasteiger partial charge on any atom is -0.102 e. The van der Waals surface area contributed by atoms with Crippen molar-refractivity contribution in [3.63, 3.8) is 0 Å². The minimum absolute atomic E-state index is 0.745. The van der Waals surface area contributed by atoms with Crippen LogP contribution in [-0.4, -0.2) is 0 Å². The maximum absolute atomic E-state index is 5.85. The smallest absolute Gasteiger partial charge is 0.0409 e. The first-order valence-corrected chi connectivity index (χ1v) is 4.73. The molecule has 1 aromatic rings. The molecule has 0 aliphatic carbocycles. The van der Waals surface area contributed by atoms with Gasteiger partial charge in [-0.15, -0.1) is 6.58 Å². The Labute approximate surface area is 86.4 Å². The third-order valence-corrected chi connectivity index (χ3v) is 2.59. The summed E-state index contributed by atoms with van der Waals surface area (Å²) >= 11 is 9.29. The van der Waals surface area contributed by atoms with E-state index in [1.807, 2.05) is 31.2 Å². The molecule has 0 atom stereocenters. The Morgan fingerprint density at radius 1 is 1.58 bits per heavy atom. The van der Waals surface area contributed by atoms with Crippen LogP contribution in [-0.2, 0) is 0 Å². The second-order valence-corrected chi connectivity index (χ2v) is 3.80. The molecule has 1 radical (unpaired) electrons. The zero-order chi connectivity index (χ0) is 9.14. The van der Waals surface area contributed by atoms with Crippen LogP contribution in [0.4, 0.5) is 0 Å². The number of benzene rings is 1. The number of rotatable bonds is 2. The number of hydrogen-bond donors (Lipinski definition) is 0. The summed E-state index contributed by atoms with van der Waals surface area (Å²) in [5.41, 5.74) is 1.09. The minimum atomic E-state index is 0.745. The van der Waals surface area contributed by atoms with Crippen LogP contribution in [0.25, 0.3) is 0 Å². The summed E-state index contributed by atoms with van der Waals surface area (Å²) in [5.74, 6) is 1.12. The average molecular weight is 245 g/mol. The first-order chi connectivity index (χ1) is 5.65. The van der Waals surface area contributed by atoms with E-state index in [0.717, 1.165) is 21.0 Å². The molecule has 12 heavy (non-hydrogen) atoms. The Hall–Kier alpha value is -0.270. The average Bonchev–Trinajstić information content (AvgIpc) is 2.08. The molecule has 0 saturated carbocycles. The molecule has 0 aliphatic rings. The fourth-order valence-electron chi connectivity index (χ4n) is 0.910. The van der Waals surface area contributed by atoms with E-state index in [-0.39, 0.29) is 0 Å². The third-order valence-electron chi connectivity index (χ3n) is 1.66. The van der Waals surface area contributed by atoms with Gasteiger partial charge in [0, 0.05) is 15.4 Å². The molecule has 0 fully saturated rings. The highest BCUT2D eigenvalue weighted by Gasteiger charge is 2.06. The fraction of sp³-hybridized carbons (Fsp3) is 0.100. The monoisotopic (exact) mass is 243 g/mol. The van der Waals surface area contributed by atoms with Gasteiger partial charge in [0.15, 0.2) is 0 Å². The van der Waals surface area contributed by atoms with Gasteiger partial charge < -0.3 is 0 Å². The summed E-state index contributed by atoms with van der Waals surface area (Å²) in [5, 5.41) is 0.745. The van der Waals surface area contributed by atoms with E-state index in [1.54, 1.807) is 0 Å². The molecule has 0 N–H and O–H groups in total. The second-order valence-electron chi connectivity index (χ2n) is 2.51. The van der Waals surface area contributed by atoms with E-state index in [0.29, 0.717) is 0 Å². The molecule has 0 bridgehead atoms. The zero-order valence-corrected chi connectivity index (χ0v) is 9.11. The number of allylic oxidation sites excluding steroid dienone is 1. The fourth-order valence-corrected chi connectivity index (χ4v) is 1.64. The van der Waals surface area contributed by atoms with Gasteiger partial charge in [-0.05, 0) is 23.8 Å². The lowest BCUT2D eigenvalue weighted by molar-refractivity contribution is 1.24. The maximum atomic E-state index is 5.85. The SMILES string of the molecule is C=C[C](C)c1cc(Cl)ccc1Br. The van der Waals surface area contributed by atoms with Crippen LogP contribution in [0.2, 0.25) is 5.02 Å². The molecular weight excluding hydrogens is 235 g/mol. The Balaban J connectivity index is 3.12. The van der Waals surface area contributed by atoms with Crippen molar-refractivity contribution in [1.29, 1.82) is 0 Å². The summed E-state index contributed by atoms with van der Waals surface area (Å²) < 4.78 is 1.05. The molecular formula is C10H9BrCl. The van der Waals surface area contributed by atoms with E-state index in [1.165, 1.54) is 0 Å². The summed E-state index contributed by atoms with van der Waals surface area (Å²) in [6.45, 7) is 5.71. The van der Waals surface area contributed by atoms with E-state index >= 15 is 0 Å². The first-order valence-electron chi connectivity index (χ1n) is 3.56. The van der Waals surface area contributed by atoms with E-state index < -0.39 is 0 Å². The molecule has 2 heteroatoms. The van der Waals surface area contributed by atoms with Crippen LogP contribution in [0.3, 0.4) is 0 Å². The first kappa shape index (κ1) is 9.82. The van der Waals surface area contributed by atoms with Gasteiger partial charge >= 0.3 is 0 Å². The van der Waals surface area contributed by atoms with Crippen LogP contribution < -0.4 is 0 Å². The Morgan fingerprint density at radius 3 is 2.83 bits per heavy atom. The van der Waals surface area contributed by atoms with Crippen molar-refractivity contribution in [2.45, 2.75) is 6.92 Å². The molecule has 0 spiro atoms. The van der Waals surface area contributed by atoms with Gasteiger partial charge in [-0.3, -0.25) is 0 Å². The highest BCUT2D eigenvalue weighted by Crippen LogP contribution is 2.27. The van der Waals surface area contributed by atoms with Crippen LogP contribution in [0.1, 0.15) is 12.5 Å². The van der Waals surface area contributed by atoms with Crippen molar-refractivity contribution in [1.82, 2.24) is 0 Å². The molecule has 0 heterocycles. The van der Waals surface area contributed by atoms with Crippen molar-refractivity contribution >= 4 is 27.5 Å². The topological polar surface area (TPSA) is 0 Å². The maximum Gasteiger partial charge on any atom is 0.0409 e. The number of halogens is 2. The molecule has 0 nitrogen and oxygen atoms in total. The highest BCUT2D eigenvalue weighted by atomic mass is 79.9. The predicted molar refractivity (Wildman–Crippen MR) is 57.4 cm³/mol. The lowest BCUT2D eigenvalue weighted by Crippen LogP contribution is -1.90. The van der Waals surface area contributed by atoms with Crippen LogP contribution >= 0.6 is 27.5 Å². The summed E-state index contributed by atoms with van der Waals surface area (Å²) in [7, 11) is 0. The van der Waals surface area contributed by atoms with Gasteiger partial charge in [-0.25, -0.2) is 0 Å². The van der Waals surface area contributed by atoms with E-state index in [9.17, 15) is 0 Å². The van der Waals surface area contributed by atoms with Crippen molar-refractivity contribution in [3.05, 3.63) is 51.8 Å². The number of hydrogen-bond acceptors (Lipinski definition) is 0. The Kier molecular flexibility index (Phi) is 3.36. The Bertz CT molecular complexity index is 294.